The van der Waals surface area contributed by atoms with Crippen LogP contribution in [0.3, 0.4) is 0 Å². The van der Waals surface area contributed by atoms with Crippen molar-refractivity contribution in [1.82, 2.24) is 0 Å². The zero-order valence-electron chi connectivity index (χ0n) is 10.4. The first-order chi connectivity index (χ1) is 9.03. The molecule has 0 saturated heterocycles. The van der Waals surface area contributed by atoms with E-state index < -0.39 is 9.84 Å². The van der Waals surface area contributed by atoms with Crippen LogP contribution in [0.2, 0.25) is 0 Å². The Balaban J connectivity index is 2.40. The van der Waals surface area contributed by atoms with Gasteiger partial charge in [-0.15, -0.1) is 0 Å². The van der Waals surface area contributed by atoms with Gasteiger partial charge in [0.1, 0.15) is 0 Å². The second-order valence-corrected chi connectivity index (χ2v) is 7.50. The Hall–Kier alpha value is -1.26. The summed E-state index contributed by atoms with van der Waals surface area (Å²) in [4.78, 5) is 0.833. The first-order valence-electron chi connectivity index (χ1n) is 6.14. The van der Waals surface area contributed by atoms with Crippen LogP contribution in [0.1, 0.15) is 24.0 Å². The normalized spacial score (nSPS) is 18.4. The van der Waals surface area contributed by atoms with E-state index in [1.807, 2.05) is 31.2 Å². The highest BCUT2D eigenvalue weighted by molar-refractivity contribution is 7.91. The van der Waals surface area contributed by atoms with E-state index in [1.165, 1.54) is 0 Å². The van der Waals surface area contributed by atoms with E-state index in [9.17, 15) is 8.42 Å². The zero-order chi connectivity index (χ0) is 13.6. The Kier molecular flexibility index (Phi) is 2.95. The fraction of sp³-hybridized carbons (Fsp3) is 0.200. The third kappa shape index (κ3) is 1.82. The lowest BCUT2D eigenvalue weighted by Gasteiger charge is -2.30. The van der Waals surface area contributed by atoms with Crippen LogP contribution < -0.4 is 0 Å². The summed E-state index contributed by atoms with van der Waals surface area (Å²) >= 11 is 4.55. The van der Waals surface area contributed by atoms with Crippen LogP contribution in [0, 0.1) is 0 Å². The minimum Gasteiger partial charge on any atom is -0.218 e. The summed E-state index contributed by atoms with van der Waals surface area (Å²) in [6.07, 6.45) is 0. The topological polar surface area (TPSA) is 34.1 Å². The molecule has 98 valence electrons. The number of sulfone groups is 1. The number of thiol groups is 1. The van der Waals surface area contributed by atoms with Crippen LogP contribution in [0.25, 0.3) is 0 Å². The van der Waals surface area contributed by atoms with Gasteiger partial charge in [-0.2, -0.15) is 12.6 Å². The van der Waals surface area contributed by atoms with E-state index in [-0.39, 0.29) is 11.2 Å². The molecule has 2 aromatic rings. The van der Waals surface area contributed by atoms with Crippen molar-refractivity contribution >= 4 is 22.5 Å². The highest BCUT2D eigenvalue weighted by Crippen LogP contribution is 2.44. The molecular weight excluding hydrogens is 276 g/mol. The molecule has 0 saturated carbocycles. The summed E-state index contributed by atoms with van der Waals surface area (Å²) < 4.78 is 25.3. The first kappa shape index (κ1) is 12.8. The Bertz CT molecular complexity index is 680. The van der Waals surface area contributed by atoms with Crippen molar-refractivity contribution in [2.75, 3.05) is 0 Å². The van der Waals surface area contributed by atoms with Gasteiger partial charge in [-0.3, -0.25) is 0 Å². The van der Waals surface area contributed by atoms with Gasteiger partial charge in [0.05, 0.1) is 9.79 Å². The average Bonchev–Trinajstić information content (AvgIpc) is 2.39. The number of hydrogen-bond donors (Lipinski definition) is 1. The molecule has 0 aromatic heterocycles. The molecule has 1 aliphatic rings. The SMILES string of the molecule is CC(S)C1c2ccccc2S(=O)(=O)c2ccccc21. The second kappa shape index (κ2) is 4.39. The molecule has 3 rings (SSSR count). The highest BCUT2D eigenvalue weighted by atomic mass is 32.2. The average molecular weight is 290 g/mol. The van der Waals surface area contributed by atoms with Crippen molar-refractivity contribution in [1.29, 1.82) is 0 Å². The van der Waals surface area contributed by atoms with E-state index in [4.69, 9.17) is 0 Å². The van der Waals surface area contributed by atoms with E-state index in [0.717, 1.165) is 11.1 Å². The second-order valence-electron chi connectivity index (χ2n) is 4.80. The highest BCUT2D eigenvalue weighted by Gasteiger charge is 2.36. The fourth-order valence-electron chi connectivity index (χ4n) is 2.77. The van der Waals surface area contributed by atoms with Gasteiger partial charge in [0, 0.05) is 11.2 Å². The summed E-state index contributed by atoms with van der Waals surface area (Å²) in [7, 11) is -3.40. The lowest BCUT2D eigenvalue weighted by molar-refractivity contribution is 0.585. The van der Waals surface area contributed by atoms with Crippen LogP contribution >= 0.6 is 12.6 Å². The third-order valence-electron chi connectivity index (χ3n) is 3.57. The Morgan fingerprint density at radius 1 is 0.947 bits per heavy atom. The van der Waals surface area contributed by atoms with Crippen LogP contribution in [-0.4, -0.2) is 13.7 Å². The van der Waals surface area contributed by atoms with Crippen molar-refractivity contribution in [3.05, 3.63) is 59.7 Å². The lowest BCUT2D eigenvalue weighted by atomic mass is 9.88. The molecule has 1 aliphatic heterocycles. The molecule has 0 radical (unpaired) electrons. The maximum atomic E-state index is 12.6. The molecule has 1 atom stereocenters. The fourth-order valence-corrected chi connectivity index (χ4v) is 4.85. The van der Waals surface area contributed by atoms with E-state index in [0.29, 0.717) is 9.79 Å². The molecule has 2 nitrogen and oxygen atoms in total. The van der Waals surface area contributed by atoms with Gasteiger partial charge < -0.3 is 0 Å². The molecule has 0 fully saturated rings. The summed E-state index contributed by atoms with van der Waals surface area (Å²) in [5, 5.41) is 0.0535. The smallest absolute Gasteiger partial charge is 0.207 e. The van der Waals surface area contributed by atoms with Crippen LogP contribution in [0.15, 0.2) is 58.3 Å². The van der Waals surface area contributed by atoms with E-state index >= 15 is 0 Å². The van der Waals surface area contributed by atoms with Crippen LogP contribution in [-0.2, 0) is 9.84 Å². The van der Waals surface area contributed by atoms with Gasteiger partial charge in [-0.25, -0.2) is 8.42 Å². The zero-order valence-corrected chi connectivity index (χ0v) is 12.2. The number of fused-ring (bicyclic) bond motifs is 2. The molecule has 0 bridgehead atoms. The van der Waals surface area contributed by atoms with Gasteiger partial charge in [0.2, 0.25) is 9.84 Å². The van der Waals surface area contributed by atoms with E-state index in [2.05, 4.69) is 12.6 Å². The monoisotopic (exact) mass is 290 g/mol. The van der Waals surface area contributed by atoms with Gasteiger partial charge in [0.15, 0.2) is 0 Å². The van der Waals surface area contributed by atoms with Crippen molar-refractivity contribution in [2.45, 2.75) is 27.9 Å². The van der Waals surface area contributed by atoms with Gasteiger partial charge in [0.25, 0.3) is 0 Å². The maximum Gasteiger partial charge on any atom is 0.207 e. The quantitative estimate of drug-likeness (QED) is 0.818. The van der Waals surface area contributed by atoms with Crippen LogP contribution in [0.4, 0.5) is 0 Å². The predicted molar refractivity (Wildman–Crippen MR) is 78.6 cm³/mol. The summed E-state index contributed by atoms with van der Waals surface area (Å²) in [5.41, 5.74) is 1.70. The number of benzene rings is 2. The minimum absolute atomic E-state index is 0.0132. The van der Waals surface area contributed by atoms with Crippen molar-refractivity contribution in [3.8, 4) is 0 Å². The number of rotatable bonds is 1. The molecule has 1 heterocycles. The molecule has 0 amide bonds. The predicted octanol–water partition coefficient (Wildman–Crippen LogP) is 3.28. The molecule has 19 heavy (non-hydrogen) atoms. The van der Waals surface area contributed by atoms with E-state index in [1.54, 1.807) is 24.3 Å². The number of hydrogen-bond acceptors (Lipinski definition) is 3. The van der Waals surface area contributed by atoms with Crippen molar-refractivity contribution in [3.63, 3.8) is 0 Å². The summed E-state index contributed by atoms with van der Waals surface area (Å²) in [6.45, 7) is 2.00. The van der Waals surface area contributed by atoms with Gasteiger partial charge in [-0.05, 0) is 23.3 Å². The Labute approximate surface area is 118 Å². The van der Waals surface area contributed by atoms with Gasteiger partial charge >= 0.3 is 0 Å². The van der Waals surface area contributed by atoms with Crippen molar-refractivity contribution in [2.24, 2.45) is 0 Å². The minimum atomic E-state index is -3.40. The van der Waals surface area contributed by atoms with Crippen LogP contribution in [0.5, 0.6) is 0 Å². The molecule has 0 N–H and O–H groups in total. The van der Waals surface area contributed by atoms with Gasteiger partial charge in [-0.1, -0.05) is 43.3 Å². The van der Waals surface area contributed by atoms with Crippen molar-refractivity contribution < 1.29 is 8.42 Å². The largest absolute Gasteiger partial charge is 0.218 e. The Morgan fingerprint density at radius 3 is 1.79 bits per heavy atom. The first-order valence-corrected chi connectivity index (χ1v) is 8.14. The Morgan fingerprint density at radius 2 is 1.37 bits per heavy atom. The standard InChI is InChI=1S/C15H14O2S2/c1-10(18)15-11-6-2-4-8-13(11)19(16,17)14-9-5-3-7-12(14)15/h2-10,15,18H,1H3. The summed E-state index contributed by atoms with van der Waals surface area (Å²) in [5.74, 6) is 0.0132. The molecule has 0 aliphatic carbocycles. The third-order valence-corrected chi connectivity index (χ3v) is 5.77. The lowest BCUT2D eigenvalue weighted by Crippen LogP contribution is -2.23. The maximum absolute atomic E-state index is 12.6. The molecule has 2 aromatic carbocycles. The molecule has 1 unspecified atom stereocenters. The molecule has 0 spiro atoms. The molecular formula is C15H14O2S2. The molecule has 4 heteroatoms. The summed E-state index contributed by atoms with van der Waals surface area (Å²) in [6, 6.07) is 14.4.